The maximum atomic E-state index is 12.9. The third-order valence-corrected chi connectivity index (χ3v) is 7.51. The van der Waals surface area contributed by atoms with Crippen molar-refractivity contribution in [2.75, 3.05) is 10.6 Å². The number of nitrogens with zero attached hydrogens (tertiary/aromatic N) is 2. The van der Waals surface area contributed by atoms with Crippen LogP contribution in [0.15, 0.2) is 66.9 Å². The normalized spacial score (nSPS) is 22.1. The van der Waals surface area contributed by atoms with E-state index in [0.29, 0.717) is 11.3 Å². The average Bonchev–Trinajstić information content (AvgIpc) is 3.20. The molecule has 1 aromatic heterocycles. The van der Waals surface area contributed by atoms with Gasteiger partial charge in [-0.3, -0.25) is 4.90 Å². The van der Waals surface area contributed by atoms with Crippen molar-refractivity contribution in [2.45, 2.75) is 64.4 Å². The highest BCUT2D eigenvalue weighted by Gasteiger charge is 2.52. The van der Waals surface area contributed by atoms with Gasteiger partial charge < -0.3 is 19.8 Å². The van der Waals surface area contributed by atoms with Crippen LogP contribution in [-0.2, 0) is 14.0 Å². The number of rotatable bonds is 4. The van der Waals surface area contributed by atoms with Gasteiger partial charge in [-0.25, -0.2) is 9.78 Å². The minimum Gasteiger partial charge on any atom is -0.441 e. The minimum absolute atomic E-state index is 0.245. The van der Waals surface area contributed by atoms with Gasteiger partial charge in [-0.2, -0.15) is 0 Å². The van der Waals surface area contributed by atoms with E-state index >= 15 is 0 Å². The number of pyridine rings is 1. The van der Waals surface area contributed by atoms with Crippen LogP contribution < -0.4 is 16.1 Å². The number of nitrogen functional groups attached to an aromatic ring is 1. The van der Waals surface area contributed by atoms with Gasteiger partial charge in [0.15, 0.2) is 0 Å². The topological polar surface area (TPSA) is 86.9 Å². The molecule has 3 heterocycles. The maximum Gasteiger partial charge on any atom is 0.498 e. The molecule has 36 heavy (non-hydrogen) atoms. The number of anilines is 2. The first-order chi connectivity index (χ1) is 16.9. The largest absolute Gasteiger partial charge is 0.498 e. The number of hydrogen-bond donors (Lipinski definition) is 1. The molecule has 8 heteroatoms. The average molecular weight is 485 g/mol. The number of amides is 1. The van der Waals surface area contributed by atoms with Crippen molar-refractivity contribution in [2.24, 2.45) is 0 Å². The molecule has 0 bridgehead atoms. The van der Waals surface area contributed by atoms with Crippen LogP contribution in [0.4, 0.5) is 16.3 Å². The number of hydrogen-bond acceptors (Lipinski definition) is 6. The first-order valence-electron chi connectivity index (χ1n) is 12.2. The van der Waals surface area contributed by atoms with Crippen LogP contribution in [0.3, 0.4) is 0 Å². The lowest BCUT2D eigenvalue weighted by molar-refractivity contribution is 0.00578. The van der Waals surface area contributed by atoms with E-state index in [1.807, 2.05) is 102 Å². The summed E-state index contributed by atoms with van der Waals surface area (Å²) in [6.07, 6.45) is 1.37. The number of ether oxygens (including phenoxy) is 1. The summed E-state index contributed by atoms with van der Waals surface area (Å²) in [7, 11) is -0.602. The zero-order chi connectivity index (χ0) is 25.9. The van der Waals surface area contributed by atoms with Crippen LogP contribution in [0.25, 0.3) is 11.1 Å². The number of carbonyl (C=O) groups is 1. The van der Waals surface area contributed by atoms with Crippen molar-refractivity contribution in [1.82, 2.24) is 4.98 Å². The molecule has 0 aliphatic carbocycles. The highest BCUT2D eigenvalue weighted by molar-refractivity contribution is 6.63. The second-order valence-corrected chi connectivity index (χ2v) is 11.0. The highest BCUT2D eigenvalue weighted by Crippen LogP contribution is 2.44. The van der Waals surface area contributed by atoms with E-state index in [4.69, 9.17) is 19.8 Å². The molecule has 1 atom stereocenters. The molecular weight excluding hydrogens is 453 g/mol. The van der Waals surface area contributed by atoms with Crippen molar-refractivity contribution < 1.29 is 18.8 Å². The maximum absolute atomic E-state index is 12.9. The van der Waals surface area contributed by atoms with Gasteiger partial charge >= 0.3 is 13.2 Å². The summed E-state index contributed by atoms with van der Waals surface area (Å²) in [5.74, 6) is 0.376. The Morgan fingerprint density at radius 2 is 1.50 bits per heavy atom. The van der Waals surface area contributed by atoms with Crippen LogP contribution in [0.5, 0.6) is 0 Å². The number of cyclic esters (lactones) is 1. The third kappa shape index (κ3) is 4.04. The van der Waals surface area contributed by atoms with E-state index in [-0.39, 0.29) is 12.1 Å². The Bertz CT molecular complexity index is 1280. The Morgan fingerprint density at radius 3 is 2.11 bits per heavy atom. The Hall–Kier alpha value is -3.36. The van der Waals surface area contributed by atoms with E-state index in [2.05, 4.69) is 4.98 Å². The zero-order valence-electron chi connectivity index (χ0n) is 21.6. The molecule has 3 aromatic rings. The Morgan fingerprint density at radius 1 is 0.889 bits per heavy atom. The van der Waals surface area contributed by atoms with Gasteiger partial charge in [0.25, 0.3) is 0 Å². The van der Waals surface area contributed by atoms with Gasteiger partial charge in [-0.1, -0.05) is 42.5 Å². The number of benzene rings is 2. The monoisotopic (exact) mass is 485 g/mol. The van der Waals surface area contributed by atoms with E-state index in [0.717, 1.165) is 22.4 Å². The lowest BCUT2D eigenvalue weighted by Gasteiger charge is -2.32. The molecule has 0 unspecified atom stereocenters. The van der Waals surface area contributed by atoms with Gasteiger partial charge in [0, 0.05) is 17.3 Å². The number of nitrogens with two attached hydrogens (primary N) is 1. The molecule has 2 saturated heterocycles. The lowest BCUT2D eigenvalue weighted by Crippen LogP contribution is -2.41. The summed E-state index contributed by atoms with van der Waals surface area (Å²) in [6, 6.07) is 19.5. The van der Waals surface area contributed by atoms with E-state index in [1.165, 1.54) is 0 Å². The molecule has 0 saturated carbocycles. The summed E-state index contributed by atoms with van der Waals surface area (Å²) >= 11 is 0. The molecule has 0 spiro atoms. The molecule has 5 rings (SSSR count). The second kappa shape index (κ2) is 8.35. The smallest absolute Gasteiger partial charge is 0.441 e. The third-order valence-electron chi connectivity index (χ3n) is 7.51. The molecule has 2 aromatic carbocycles. The van der Waals surface area contributed by atoms with Crippen molar-refractivity contribution in [3.63, 3.8) is 0 Å². The molecule has 1 amide bonds. The van der Waals surface area contributed by atoms with Crippen LogP contribution in [0.1, 0.15) is 53.1 Å². The summed E-state index contributed by atoms with van der Waals surface area (Å²) in [5.41, 5.74) is 8.89. The molecule has 2 aliphatic heterocycles. The molecule has 2 N–H and O–H groups in total. The van der Waals surface area contributed by atoms with E-state index in [9.17, 15) is 4.79 Å². The summed E-state index contributed by atoms with van der Waals surface area (Å²) in [4.78, 5) is 19.0. The Balaban J connectivity index is 1.45. The molecule has 2 aliphatic rings. The molecule has 0 radical (unpaired) electrons. The predicted molar refractivity (Wildman–Crippen MR) is 142 cm³/mol. The predicted octanol–water partition coefficient (Wildman–Crippen LogP) is 5.11. The second-order valence-electron chi connectivity index (χ2n) is 11.0. The molecule has 2 fully saturated rings. The van der Waals surface area contributed by atoms with Crippen molar-refractivity contribution in [3.05, 3.63) is 72.4 Å². The van der Waals surface area contributed by atoms with Crippen molar-refractivity contribution in [3.8, 4) is 11.1 Å². The van der Waals surface area contributed by atoms with Gasteiger partial charge in [-0.05, 0) is 76.4 Å². The van der Waals surface area contributed by atoms with Gasteiger partial charge in [-0.15, -0.1) is 0 Å². The van der Waals surface area contributed by atoms with Crippen molar-refractivity contribution >= 4 is 30.2 Å². The highest BCUT2D eigenvalue weighted by atomic mass is 16.7. The Labute approximate surface area is 212 Å². The lowest BCUT2D eigenvalue weighted by atomic mass is 9.78. The first-order valence-corrected chi connectivity index (χ1v) is 12.2. The quantitative estimate of drug-likeness (QED) is 0.517. The summed E-state index contributed by atoms with van der Waals surface area (Å²) in [6.45, 7) is 11.9. The van der Waals surface area contributed by atoms with Crippen LogP contribution in [-0.4, -0.2) is 35.0 Å². The SMILES string of the molecule is CC1(C)OC(=O)N(c2ccc(-c3cnc(N)c(B4OC(C)(C)C(C)(C)O4)c3)cc2)[C@H]1c1ccccc1. The molecule has 7 nitrogen and oxygen atoms in total. The number of carbonyl (C=O) groups excluding carboxylic acids is 1. The minimum atomic E-state index is -0.671. The molecule has 186 valence electrons. The van der Waals surface area contributed by atoms with Crippen LogP contribution in [0.2, 0.25) is 0 Å². The fraction of sp³-hybridized carbons (Fsp3) is 0.357. The number of aromatic nitrogens is 1. The van der Waals surface area contributed by atoms with Gasteiger partial charge in [0.1, 0.15) is 17.5 Å². The van der Waals surface area contributed by atoms with Gasteiger partial charge in [0.2, 0.25) is 0 Å². The summed E-state index contributed by atoms with van der Waals surface area (Å²) in [5, 5.41) is 0. The fourth-order valence-electron chi connectivity index (χ4n) is 4.81. The summed E-state index contributed by atoms with van der Waals surface area (Å²) < 4.78 is 18.1. The standard InChI is InChI=1S/C28H32BN3O4/c1-26(2)23(19-10-8-7-9-11-19)32(25(33)34-26)21-14-12-18(13-15-21)20-16-22(24(30)31-17-20)29-35-27(3,4)28(5,6)36-29/h7-17,23H,1-6H3,(H2,30,31)/t23-/m0/s1. The Kier molecular flexibility index (Phi) is 5.65. The van der Waals surface area contributed by atoms with Gasteiger partial charge in [0.05, 0.1) is 11.2 Å². The first kappa shape index (κ1) is 24.3. The molecular formula is C28H32BN3O4. The van der Waals surface area contributed by atoms with E-state index in [1.54, 1.807) is 11.1 Å². The van der Waals surface area contributed by atoms with E-state index < -0.39 is 23.9 Å². The fourth-order valence-corrected chi connectivity index (χ4v) is 4.81. The van der Waals surface area contributed by atoms with Crippen LogP contribution in [0, 0.1) is 0 Å². The van der Waals surface area contributed by atoms with Crippen LogP contribution >= 0.6 is 0 Å². The zero-order valence-corrected chi connectivity index (χ0v) is 21.6. The van der Waals surface area contributed by atoms with Crippen molar-refractivity contribution in [1.29, 1.82) is 0 Å².